The third-order valence-corrected chi connectivity index (χ3v) is 2.40. The largest absolute Gasteiger partial charge is 0.477 e. The predicted octanol–water partition coefficient (Wildman–Crippen LogP) is 2.13. The van der Waals surface area contributed by atoms with Crippen molar-refractivity contribution >= 4 is 17.0 Å². The number of hydrogen-bond donors (Lipinski definition) is 2. The molecule has 0 aliphatic rings. The Labute approximate surface area is 105 Å². The molecule has 0 saturated heterocycles. The van der Waals surface area contributed by atoms with Crippen molar-refractivity contribution in [2.45, 2.75) is 19.8 Å². The van der Waals surface area contributed by atoms with Gasteiger partial charge in [-0.05, 0) is 19.8 Å². The van der Waals surface area contributed by atoms with Gasteiger partial charge in [-0.15, -0.1) is 6.58 Å². The SMILES string of the molecule is C=CCCCOc1nc(NCC)nc2[nH]ncc12. The van der Waals surface area contributed by atoms with E-state index < -0.39 is 0 Å². The molecule has 0 saturated carbocycles. The van der Waals surface area contributed by atoms with E-state index in [1.54, 1.807) is 6.20 Å². The van der Waals surface area contributed by atoms with Gasteiger partial charge in [-0.2, -0.15) is 15.1 Å². The molecule has 2 aromatic rings. The fourth-order valence-electron chi connectivity index (χ4n) is 1.55. The van der Waals surface area contributed by atoms with Gasteiger partial charge in [0.1, 0.15) is 5.39 Å². The summed E-state index contributed by atoms with van der Waals surface area (Å²) in [6, 6.07) is 0. The maximum absolute atomic E-state index is 5.67. The lowest BCUT2D eigenvalue weighted by atomic mass is 10.3. The van der Waals surface area contributed by atoms with Crippen LogP contribution in [-0.2, 0) is 0 Å². The van der Waals surface area contributed by atoms with Crippen LogP contribution in [0.1, 0.15) is 19.8 Å². The van der Waals surface area contributed by atoms with E-state index in [0.717, 1.165) is 24.8 Å². The van der Waals surface area contributed by atoms with E-state index >= 15 is 0 Å². The summed E-state index contributed by atoms with van der Waals surface area (Å²) < 4.78 is 5.67. The van der Waals surface area contributed by atoms with Crippen LogP contribution in [0.25, 0.3) is 11.0 Å². The summed E-state index contributed by atoms with van der Waals surface area (Å²) in [6.45, 7) is 7.04. The van der Waals surface area contributed by atoms with Crippen LogP contribution >= 0.6 is 0 Å². The Kier molecular flexibility index (Phi) is 4.11. The number of allylic oxidation sites excluding steroid dienone is 1. The smallest absolute Gasteiger partial charge is 0.229 e. The van der Waals surface area contributed by atoms with Crippen LogP contribution < -0.4 is 10.1 Å². The number of nitrogens with zero attached hydrogens (tertiary/aromatic N) is 3. The second kappa shape index (κ2) is 6.00. The van der Waals surface area contributed by atoms with E-state index in [4.69, 9.17) is 4.74 Å². The first-order valence-corrected chi connectivity index (χ1v) is 6.03. The molecule has 0 fully saturated rings. The van der Waals surface area contributed by atoms with Crippen molar-refractivity contribution in [3.63, 3.8) is 0 Å². The first-order valence-electron chi connectivity index (χ1n) is 6.03. The first-order chi connectivity index (χ1) is 8.85. The van der Waals surface area contributed by atoms with Gasteiger partial charge in [0.25, 0.3) is 0 Å². The van der Waals surface area contributed by atoms with Crippen molar-refractivity contribution in [3.8, 4) is 5.88 Å². The molecule has 0 aliphatic heterocycles. The van der Waals surface area contributed by atoms with Gasteiger partial charge in [0.15, 0.2) is 5.65 Å². The number of nitrogens with one attached hydrogen (secondary N) is 2. The highest BCUT2D eigenvalue weighted by Crippen LogP contribution is 2.22. The van der Waals surface area contributed by atoms with E-state index in [1.165, 1.54) is 0 Å². The molecule has 96 valence electrons. The number of ether oxygens (including phenoxy) is 1. The van der Waals surface area contributed by atoms with E-state index in [1.807, 2.05) is 13.0 Å². The summed E-state index contributed by atoms with van der Waals surface area (Å²) in [5.74, 6) is 1.11. The van der Waals surface area contributed by atoms with Crippen LogP contribution in [0.5, 0.6) is 5.88 Å². The van der Waals surface area contributed by atoms with Crippen LogP contribution in [0.4, 0.5) is 5.95 Å². The Morgan fingerprint density at radius 3 is 3.17 bits per heavy atom. The summed E-state index contributed by atoms with van der Waals surface area (Å²) in [6.07, 6.45) is 5.40. The molecule has 0 spiro atoms. The number of hydrogen-bond acceptors (Lipinski definition) is 5. The molecule has 18 heavy (non-hydrogen) atoms. The number of unbranched alkanes of at least 4 members (excludes halogenated alkanes) is 1. The van der Waals surface area contributed by atoms with Crippen LogP contribution in [-0.4, -0.2) is 33.3 Å². The van der Waals surface area contributed by atoms with Crippen molar-refractivity contribution in [1.29, 1.82) is 0 Å². The van der Waals surface area contributed by atoms with E-state index in [9.17, 15) is 0 Å². The predicted molar refractivity (Wildman–Crippen MR) is 70.8 cm³/mol. The molecule has 0 aromatic carbocycles. The Bertz CT molecular complexity index is 522. The molecular weight excluding hydrogens is 230 g/mol. The molecule has 0 aliphatic carbocycles. The second-order valence-electron chi connectivity index (χ2n) is 3.79. The van der Waals surface area contributed by atoms with Crippen molar-refractivity contribution in [2.24, 2.45) is 0 Å². The zero-order valence-corrected chi connectivity index (χ0v) is 10.4. The third-order valence-electron chi connectivity index (χ3n) is 2.40. The Balaban J connectivity index is 2.17. The number of rotatable bonds is 7. The molecular formula is C12H17N5O. The van der Waals surface area contributed by atoms with E-state index in [-0.39, 0.29) is 0 Å². The lowest BCUT2D eigenvalue weighted by Crippen LogP contribution is -2.05. The minimum absolute atomic E-state index is 0.549. The molecule has 0 amide bonds. The summed E-state index contributed by atoms with van der Waals surface area (Å²) in [5.41, 5.74) is 0.680. The Hall–Kier alpha value is -2.11. The minimum atomic E-state index is 0.549. The summed E-state index contributed by atoms with van der Waals surface area (Å²) in [7, 11) is 0. The Morgan fingerprint density at radius 1 is 1.50 bits per heavy atom. The molecule has 0 unspecified atom stereocenters. The number of aromatic nitrogens is 4. The van der Waals surface area contributed by atoms with Gasteiger partial charge in [0.2, 0.25) is 11.8 Å². The molecule has 0 atom stereocenters. The molecule has 2 N–H and O–H groups in total. The summed E-state index contributed by atoms with van der Waals surface area (Å²) in [4.78, 5) is 8.62. The lowest BCUT2D eigenvalue weighted by molar-refractivity contribution is 0.304. The Morgan fingerprint density at radius 2 is 2.39 bits per heavy atom. The fraction of sp³-hybridized carbons (Fsp3) is 0.417. The molecule has 6 heteroatoms. The standard InChI is InChI=1S/C12H17N5O/c1-3-5-6-7-18-11-9-8-14-17-10(9)15-12(16-11)13-4-2/h3,8H,1,4-7H2,2H3,(H2,13,14,15,16,17). The van der Waals surface area contributed by atoms with Crippen LogP contribution in [0, 0.1) is 0 Å². The topological polar surface area (TPSA) is 75.7 Å². The lowest BCUT2D eigenvalue weighted by Gasteiger charge is -2.07. The monoisotopic (exact) mass is 247 g/mol. The third kappa shape index (κ3) is 2.77. The minimum Gasteiger partial charge on any atom is -0.477 e. The van der Waals surface area contributed by atoms with Gasteiger partial charge in [0.05, 0.1) is 12.8 Å². The first kappa shape index (κ1) is 12.3. The van der Waals surface area contributed by atoms with Gasteiger partial charge < -0.3 is 10.1 Å². The van der Waals surface area contributed by atoms with Crippen molar-refractivity contribution in [2.75, 3.05) is 18.5 Å². The second-order valence-corrected chi connectivity index (χ2v) is 3.79. The van der Waals surface area contributed by atoms with Gasteiger partial charge in [0, 0.05) is 6.54 Å². The van der Waals surface area contributed by atoms with Gasteiger partial charge in [-0.1, -0.05) is 6.08 Å². The van der Waals surface area contributed by atoms with Crippen molar-refractivity contribution < 1.29 is 4.74 Å². The maximum atomic E-state index is 5.67. The summed E-state index contributed by atoms with van der Waals surface area (Å²) in [5, 5.41) is 10.6. The maximum Gasteiger partial charge on any atom is 0.229 e. The molecule has 2 heterocycles. The normalized spacial score (nSPS) is 10.5. The van der Waals surface area contributed by atoms with Gasteiger partial charge >= 0.3 is 0 Å². The van der Waals surface area contributed by atoms with Crippen molar-refractivity contribution in [3.05, 3.63) is 18.9 Å². The number of anilines is 1. The zero-order valence-electron chi connectivity index (χ0n) is 10.4. The van der Waals surface area contributed by atoms with Crippen molar-refractivity contribution in [1.82, 2.24) is 20.2 Å². The number of aromatic amines is 1. The molecule has 2 aromatic heterocycles. The average Bonchev–Trinajstić information content (AvgIpc) is 2.83. The van der Waals surface area contributed by atoms with Gasteiger partial charge in [-0.25, -0.2) is 0 Å². The number of H-pyrrole nitrogens is 1. The van der Waals surface area contributed by atoms with Crippen LogP contribution in [0.3, 0.4) is 0 Å². The van der Waals surface area contributed by atoms with E-state index in [2.05, 4.69) is 32.1 Å². The highest BCUT2D eigenvalue weighted by atomic mass is 16.5. The van der Waals surface area contributed by atoms with Crippen LogP contribution in [0.2, 0.25) is 0 Å². The number of fused-ring (bicyclic) bond motifs is 1. The highest BCUT2D eigenvalue weighted by molar-refractivity contribution is 5.80. The van der Waals surface area contributed by atoms with E-state index in [0.29, 0.717) is 24.1 Å². The zero-order chi connectivity index (χ0) is 12.8. The van der Waals surface area contributed by atoms with Gasteiger partial charge in [-0.3, -0.25) is 5.10 Å². The highest BCUT2D eigenvalue weighted by Gasteiger charge is 2.09. The molecule has 0 bridgehead atoms. The summed E-state index contributed by atoms with van der Waals surface area (Å²) >= 11 is 0. The fourth-order valence-corrected chi connectivity index (χ4v) is 1.55. The molecule has 6 nitrogen and oxygen atoms in total. The molecule has 0 radical (unpaired) electrons. The average molecular weight is 247 g/mol. The molecule has 2 rings (SSSR count). The quantitative estimate of drug-likeness (QED) is 0.579. The van der Waals surface area contributed by atoms with Crippen LogP contribution in [0.15, 0.2) is 18.9 Å².